The average Bonchev–Trinajstić information content (AvgIpc) is 2.53. The molecule has 2 rings (SSSR count). The molecule has 2 aromatic rings. The fraction of sp³-hybridized carbons (Fsp3) is 0.333. The van der Waals surface area contributed by atoms with Crippen LogP contribution in [0, 0.1) is 0 Å². The largest absolute Gasteiger partial charge is 0.504 e. The highest BCUT2D eigenvalue weighted by Crippen LogP contribution is 2.30. The van der Waals surface area contributed by atoms with E-state index in [4.69, 9.17) is 4.74 Å². The summed E-state index contributed by atoms with van der Waals surface area (Å²) in [5, 5.41) is 13.7. The molecule has 0 amide bonds. The maximum atomic E-state index is 10.1. The normalized spacial score (nSPS) is 12.1. The number of ether oxygens (including phenoxy) is 1. The summed E-state index contributed by atoms with van der Waals surface area (Å²) in [4.78, 5) is 0. The van der Waals surface area contributed by atoms with E-state index in [1.165, 1.54) is 5.56 Å². The number of aromatic hydroxyl groups is 1. The number of phenols is 1. The molecule has 3 heteroatoms. The number of benzene rings is 2. The van der Waals surface area contributed by atoms with Crippen LogP contribution in [0.3, 0.4) is 0 Å². The molecule has 0 radical (unpaired) electrons. The lowest BCUT2D eigenvalue weighted by molar-refractivity contribution is 0.368. The quantitative estimate of drug-likeness (QED) is 0.807. The first-order valence-electron chi connectivity index (χ1n) is 7.39. The third kappa shape index (κ3) is 3.99. The molecule has 0 bridgehead atoms. The summed E-state index contributed by atoms with van der Waals surface area (Å²) in [6, 6.07) is 16.3. The van der Waals surface area contributed by atoms with Crippen molar-refractivity contribution in [2.75, 3.05) is 7.11 Å². The third-order valence-corrected chi connectivity index (χ3v) is 3.62. The van der Waals surface area contributed by atoms with E-state index >= 15 is 0 Å². The summed E-state index contributed by atoms with van der Waals surface area (Å²) in [6.45, 7) is 2.79. The number of rotatable bonds is 7. The van der Waals surface area contributed by atoms with Crippen molar-refractivity contribution < 1.29 is 9.84 Å². The Morgan fingerprint density at radius 3 is 2.52 bits per heavy atom. The highest BCUT2D eigenvalue weighted by atomic mass is 16.5. The average molecular weight is 285 g/mol. The van der Waals surface area contributed by atoms with Crippen LogP contribution in [-0.2, 0) is 6.54 Å². The smallest absolute Gasteiger partial charge is 0.162 e. The Balaban J connectivity index is 2.09. The zero-order valence-corrected chi connectivity index (χ0v) is 12.7. The number of methoxy groups -OCH3 is 1. The van der Waals surface area contributed by atoms with E-state index < -0.39 is 0 Å². The summed E-state index contributed by atoms with van der Waals surface area (Å²) in [5.74, 6) is 0.733. The number of para-hydroxylation sites is 1. The van der Waals surface area contributed by atoms with E-state index in [1.54, 1.807) is 13.2 Å². The summed E-state index contributed by atoms with van der Waals surface area (Å²) < 4.78 is 5.15. The van der Waals surface area contributed by atoms with Crippen molar-refractivity contribution in [2.45, 2.75) is 32.4 Å². The molecule has 0 aliphatic rings. The van der Waals surface area contributed by atoms with E-state index in [9.17, 15) is 5.11 Å². The maximum Gasteiger partial charge on any atom is 0.162 e. The first-order valence-corrected chi connectivity index (χ1v) is 7.39. The van der Waals surface area contributed by atoms with Gasteiger partial charge >= 0.3 is 0 Å². The second-order valence-electron chi connectivity index (χ2n) is 5.10. The molecule has 0 saturated heterocycles. The maximum absolute atomic E-state index is 10.1. The minimum absolute atomic E-state index is 0.218. The van der Waals surface area contributed by atoms with Crippen LogP contribution in [0.5, 0.6) is 11.5 Å². The first kappa shape index (κ1) is 15.4. The van der Waals surface area contributed by atoms with Gasteiger partial charge in [0, 0.05) is 18.2 Å². The SMILES string of the molecule is CCCC(NCc1cccc(OC)c1O)c1ccccc1. The summed E-state index contributed by atoms with van der Waals surface area (Å²) in [5.41, 5.74) is 2.13. The van der Waals surface area contributed by atoms with Crippen LogP contribution in [0.1, 0.15) is 36.9 Å². The van der Waals surface area contributed by atoms with Crippen LogP contribution in [0.2, 0.25) is 0 Å². The van der Waals surface area contributed by atoms with Crippen molar-refractivity contribution in [1.82, 2.24) is 5.32 Å². The zero-order valence-electron chi connectivity index (χ0n) is 12.7. The van der Waals surface area contributed by atoms with Crippen molar-refractivity contribution in [3.63, 3.8) is 0 Å². The van der Waals surface area contributed by atoms with Gasteiger partial charge in [-0.3, -0.25) is 0 Å². The molecular weight excluding hydrogens is 262 g/mol. The molecule has 0 heterocycles. The number of nitrogens with one attached hydrogen (secondary N) is 1. The summed E-state index contributed by atoms with van der Waals surface area (Å²) in [7, 11) is 1.57. The Labute approximate surface area is 126 Å². The molecule has 21 heavy (non-hydrogen) atoms. The molecule has 0 aromatic heterocycles. The first-order chi connectivity index (χ1) is 10.3. The monoisotopic (exact) mass is 285 g/mol. The van der Waals surface area contributed by atoms with Gasteiger partial charge in [-0.25, -0.2) is 0 Å². The minimum Gasteiger partial charge on any atom is -0.504 e. The Hall–Kier alpha value is -2.00. The van der Waals surface area contributed by atoms with Crippen LogP contribution >= 0.6 is 0 Å². The van der Waals surface area contributed by atoms with Crippen LogP contribution in [0.15, 0.2) is 48.5 Å². The molecule has 3 nitrogen and oxygen atoms in total. The molecule has 112 valence electrons. The van der Waals surface area contributed by atoms with Crippen molar-refractivity contribution in [3.05, 3.63) is 59.7 Å². The molecule has 1 unspecified atom stereocenters. The fourth-order valence-electron chi connectivity index (χ4n) is 2.47. The van der Waals surface area contributed by atoms with E-state index in [0.717, 1.165) is 18.4 Å². The van der Waals surface area contributed by atoms with Gasteiger partial charge in [-0.05, 0) is 18.1 Å². The predicted octanol–water partition coefficient (Wildman–Crippen LogP) is 4.03. The Kier molecular flexibility index (Phi) is 5.64. The van der Waals surface area contributed by atoms with Crippen LogP contribution in [0.4, 0.5) is 0 Å². The molecule has 0 fully saturated rings. The van der Waals surface area contributed by atoms with Gasteiger partial charge in [-0.2, -0.15) is 0 Å². The number of phenolic OH excluding ortho intramolecular Hbond substituents is 1. The molecule has 0 spiro atoms. The molecule has 0 aliphatic carbocycles. The molecule has 1 atom stereocenters. The molecule has 2 N–H and O–H groups in total. The predicted molar refractivity (Wildman–Crippen MR) is 85.6 cm³/mol. The standard InChI is InChI=1S/C18H23NO2/c1-3-8-16(14-9-5-4-6-10-14)19-13-15-11-7-12-17(21-2)18(15)20/h4-7,9-12,16,19-20H,3,8,13H2,1-2H3. The highest BCUT2D eigenvalue weighted by Gasteiger charge is 2.12. The van der Waals surface area contributed by atoms with Crippen molar-refractivity contribution in [1.29, 1.82) is 0 Å². The third-order valence-electron chi connectivity index (χ3n) is 3.62. The zero-order chi connectivity index (χ0) is 15.1. The van der Waals surface area contributed by atoms with Crippen molar-refractivity contribution >= 4 is 0 Å². The second kappa shape index (κ2) is 7.70. The minimum atomic E-state index is 0.218. The van der Waals surface area contributed by atoms with E-state index in [0.29, 0.717) is 18.3 Å². The van der Waals surface area contributed by atoms with Crippen LogP contribution in [-0.4, -0.2) is 12.2 Å². The summed E-state index contributed by atoms with van der Waals surface area (Å²) in [6.07, 6.45) is 2.17. The van der Waals surface area contributed by atoms with Gasteiger partial charge in [0.2, 0.25) is 0 Å². The van der Waals surface area contributed by atoms with Crippen molar-refractivity contribution in [2.24, 2.45) is 0 Å². The molecule has 2 aromatic carbocycles. The van der Waals surface area contributed by atoms with Gasteiger partial charge in [-0.1, -0.05) is 55.8 Å². The van der Waals surface area contributed by atoms with Crippen molar-refractivity contribution in [3.8, 4) is 11.5 Å². The second-order valence-corrected chi connectivity index (χ2v) is 5.10. The topological polar surface area (TPSA) is 41.5 Å². The lowest BCUT2D eigenvalue weighted by Gasteiger charge is -2.19. The van der Waals surface area contributed by atoms with Gasteiger partial charge in [-0.15, -0.1) is 0 Å². The van der Waals surface area contributed by atoms with Gasteiger partial charge in [0.1, 0.15) is 0 Å². The van der Waals surface area contributed by atoms with Gasteiger partial charge in [0.25, 0.3) is 0 Å². The Morgan fingerprint density at radius 1 is 1.10 bits per heavy atom. The highest BCUT2D eigenvalue weighted by molar-refractivity contribution is 5.45. The molecule has 0 aliphatic heterocycles. The number of hydrogen-bond donors (Lipinski definition) is 2. The lowest BCUT2D eigenvalue weighted by atomic mass is 10.0. The Bertz CT molecular complexity index is 554. The lowest BCUT2D eigenvalue weighted by Crippen LogP contribution is -2.20. The number of hydrogen-bond acceptors (Lipinski definition) is 3. The van der Waals surface area contributed by atoms with E-state index in [2.05, 4.69) is 36.5 Å². The fourth-order valence-corrected chi connectivity index (χ4v) is 2.47. The summed E-state index contributed by atoms with van der Waals surface area (Å²) >= 11 is 0. The molecule has 0 saturated carbocycles. The molecular formula is C18H23NO2. The van der Waals surface area contributed by atoms with Crippen LogP contribution in [0.25, 0.3) is 0 Å². The van der Waals surface area contributed by atoms with E-state index in [1.807, 2.05) is 18.2 Å². The van der Waals surface area contributed by atoms with E-state index in [-0.39, 0.29) is 5.75 Å². The Morgan fingerprint density at radius 2 is 1.86 bits per heavy atom. The van der Waals surface area contributed by atoms with Gasteiger partial charge < -0.3 is 15.2 Å². The van der Waals surface area contributed by atoms with Crippen LogP contribution < -0.4 is 10.1 Å². The van der Waals surface area contributed by atoms with Gasteiger partial charge in [0.05, 0.1) is 7.11 Å². The van der Waals surface area contributed by atoms with Gasteiger partial charge in [0.15, 0.2) is 11.5 Å².